The van der Waals surface area contributed by atoms with E-state index in [1.54, 1.807) is 0 Å². The van der Waals surface area contributed by atoms with E-state index in [1.807, 2.05) is 0 Å². The van der Waals surface area contributed by atoms with Gasteiger partial charge in [-0.1, -0.05) is 0 Å². The Bertz CT molecular complexity index is 227. The Balaban J connectivity index is 3.06. The van der Waals surface area contributed by atoms with E-state index >= 15 is 0 Å². The van der Waals surface area contributed by atoms with E-state index in [-0.39, 0.29) is 19.0 Å². The third kappa shape index (κ3) is 3.01. The van der Waals surface area contributed by atoms with Gasteiger partial charge in [0.05, 0.1) is 0 Å². The van der Waals surface area contributed by atoms with Gasteiger partial charge in [0.25, 0.3) is 0 Å². The molecular weight excluding hydrogens is 380 g/mol. The van der Waals surface area contributed by atoms with Crippen molar-refractivity contribution in [1.29, 1.82) is 0 Å². The average Bonchev–Trinajstić information content (AvgIpc) is 2.59. The Labute approximate surface area is 121 Å². The molecule has 1 aliphatic rings. The molecule has 1 nitrogen and oxygen atoms in total. The normalized spacial score (nSPS) is 23.3. The van der Waals surface area contributed by atoms with Gasteiger partial charge in [0.2, 0.25) is 0 Å². The number of nitrogens with zero attached hydrogens (tertiary/aromatic N) is 1. The Morgan fingerprint density at radius 1 is 0.765 bits per heavy atom. The molecule has 0 aliphatic carbocycles. The van der Waals surface area contributed by atoms with Gasteiger partial charge < -0.3 is 0 Å². The van der Waals surface area contributed by atoms with Crippen LogP contribution in [0.25, 0.3) is 4.86 Å². The molecule has 0 atom stereocenters. The molecule has 0 aromatic carbocycles. The third-order valence-electron chi connectivity index (χ3n) is 3.51. The summed E-state index contributed by atoms with van der Waals surface area (Å²) in [4.78, 5) is 5.69. The van der Waals surface area contributed by atoms with Crippen LogP contribution >= 0.6 is 20.3 Å². The zero-order chi connectivity index (χ0) is 13.4. The van der Waals surface area contributed by atoms with Crippen molar-refractivity contribution in [1.82, 2.24) is 0 Å². The van der Waals surface area contributed by atoms with E-state index in [9.17, 15) is 0 Å². The molecule has 0 N–H and O–H groups in total. The van der Waals surface area contributed by atoms with Crippen molar-refractivity contribution in [2.45, 2.75) is 78.0 Å². The minimum absolute atomic E-state index is 0.0643. The summed E-state index contributed by atoms with van der Waals surface area (Å²) in [5, 5.41) is -0.953. The van der Waals surface area contributed by atoms with Crippen LogP contribution in [0.1, 0.15) is 55.4 Å². The fraction of sp³-hybridized carbons (Fsp3) is 1.00. The summed E-state index contributed by atoms with van der Waals surface area (Å²) in [6.45, 7) is 18.3. The Kier molecular flexibility index (Phi) is 6.16. The number of hydrogen-bond acceptors (Lipinski definition) is 1. The SMILES string of the molecule is CC(C)[P+]1(C(C)C)[N-][P+](C(C)C)(C(C)C)[Te]S1. The predicted octanol–water partition coefficient (Wildman–Crippen LogP) is 6.05. The Morgan fingerprint density at radius 2 is 1.18 bits per heavy atom. The van der Waals surface area contributed by atoms with Crippen LogP contribution in [-0.4, -0.2) is 41.6 Å². The minimum atomic E-state index is -1.07. The Hall–Kier alpha value is 1.96. The molecule has 1 fully saturated rings. The molecule has 1 heterocycles. The molecule has 0 saturated carbocycles. The van der Waals surface area contributed by atoms with Gasteiger partial charge in [-0.15, -0.1) is 0 Å². The molecule has 0 aromatic rings. The predicted molar refractivity (Wildman–Crippen MR) is 91.1 cm³/mol. The van der Waals surface area contributed by atoms with Crippen LogP contribution in [0.3, 0.4) is 0 Å². The first-order chi connectivity index (χ1) is 7.69. The topological polar surface area (TPSA) is 14.1 Å². The van der Waals surface area contributed by atoms with Crippen molar-refractivity contribution in [3.05, 3.63) is 4.86 Å². The van der Waals surface area contributed by atoms with Crippen LogP contribution in [0.2, 0.25) is 0 Å². The monoisotopic (exact) mass is 410 g/mol. The van der Waals surface area contributed by atoms with E-state index < -0.39 is 11.7 Å². The van der Waals surface area contributed by atoms with Gasteiger partial charge in [0.1, 0.15) is 0 Å². The standard InChI is InChI=1S/C12H28NP2STe/c1-9(2)14(10(3)4)13-15(11(5)6,12(7)8)17-16-14/h9-12H,1-8H3/q+1. The van der Waals surface area contributed by atoms with Gasteiger partial charge in [-0.25, -0.2) is 0 Å². The molecule has 5 heteroatoms. The fourth-order valence-corrected chi connectivity index (χ4v) is 60.3. The first kappa shape index (κ1) is 17.0. The summed E-state index contributed by atoms with van der Waals surface area (Å²) in [6.07, 6.45) is 0. The first-order valence-corrected chi connectivity index (χ1v) is 17.6. The fourth-order valence-electron chi connectivity index (χ4n) is 2.31. The van der Waals surface area contributed by atoms with Crippen LogP contribution < -0.4 is 0 Å². The van der Waals surface area contributed by atoms with Gasteiger partial charge >= 0.3 is 122 Å². The molecule has 0 aromatic heterocycles. The van der Waals surface area contributed by atoms with Gasteiger partial charge in [0.15, 0.2) is 0 Å². The van der Waals surface area contributed by atoms with Gasteiger partial charge in [-0.3, -0.25) is 0 Å². The third-order valence-corrected chi connectivity index (χ3v) is 44.1. The molecule has 17 heavy (non-hydrogen) atoms. The molecule has 0 unspecified atom stereocenters. The molecule has 0 radical (unpaired) electrons. The van der Waals surface area contributed by atoms with E-state index in [0.717, 1.165) is 22.6 Å². The van der Waals surface area contributed by atoms with Crippen LogP contribution in [-0.2, 0) is 0 Å². The average molecular weight is 408 g/mol. The van der Waals surface area contributed by atoms with Crippen molar-refractivity contribution >= 4 is 39.3 Å². The van der Waals surface area contributed by atoms with Crippen LogP contribution in [0.4, 0.5) is 0 Å². The van der Waals surface area contributed by atoms with Crippen LogP contribution in [0, 0.1) is 0 Å². The second kappa shape index (κ2) is 6.16. The zero-order valence-electron chi connectivity index (χ0n) is 12.5. The van der Waals surface area contributed by atoms with Crippen LogP contribution in [0.15, 0.2) is 0 Å². The molecule has 0 spiro atoms. The van der Waals surface area contributed by atoms with E-state index in [2.05, 4.69) is 64.0 Å². The number of hydrogen-bond donors (Lipinski definition) is 0. The maximum absolute atomic E-state index is 5.69. The summed E-state index contributed by atoms with van der Waals surface area (Å²) in [7, 11) is 2.39. The van der Waals surface area contributed by atoms with E-state index in [4.69, 9.17) is 4.86 Å². The van der Waals surface area contributed by atoms with Gasteiger partial charge in [0, 0.05) is 0 Å². The summed E-state index contributed by atoms with van der Waals surface area (Å²) in [5.41, 5.74) is 3.24. The molecule has 102 valence electrons. The van der Waals surface area contributed by atoms with Gasteiger partial charge in [-0.2, -0.15) is 0 Å². The zero-order valence-corrected chi connectivity index (χ0v) is 17.4. The summed E-state index contributed by atoms with van der Waals surface area (Å²) >= 11 is 0.0643. The Morgan fingerprint density at radius 3 is 1.35 bits per heavy atom. The van der Waals surface area contributed by atoms with Crippen molar-refractivity contribution < 1.29 is 0 Å². The maximum atomic E-state index is 5.69. The summed E-state index contributed by atoms with van der Waals surface area (Å²) in [5.74, 6) is 0. The van der Waals surface area contributed by atoms with E-state index in [0.29, 0.717) is 0 Å². The molecular formula is C12H28NP2STe+. The number of rotatable bonds is 4. The van der Waals surface area contributed by atoms with Crippen molar-refractivity contribution in [2.24, 2.45) is 0 Å². The second-order valence-electron chi connectivity index (χ2n) is 5.96. The molecule has 0 bridgehead atoms. The van der Waals surface area contributed by atoms with Crippen molar-refractivity contribution in [3.63, 3.8) is 0 Å². The van der Waals surface area contributed by atoms with Crippen LogP contribution in [0.5, 0.6) is 0 Å². The quantitative estimate of drug-likeness (QED) is 0.408. The van der Waals surface area contributed by atoms with Crippen molar-refractivity contribution in [3.8, 4) is 0 Å². The molecule has 1 aliphatic heterocycles. The summed E-state index contributed by atoms with van der Waals surface area (Å²) in [6, 6.07) is 0. The van der Waals surface area contributed by atoms with E-state index in [1.165, 1.54) is 0 Å². The second-order valence-corrected chi connectivity index (χ2v) is 29.1. The summed E-state index contributed by atoms with van der Waals surface area (Å²) < 4.78 is 0. The first-order valence-electron chi connectivity index (χ1n) is 6.58. The van der Waals surface area contributed by atoms with Crippen molar-refractivity contribution in [2.75, 3.05) is 0 Å². The molecule has 1 rings (SSSR count). The van der Waals surface area contributed by atoms with Gasteiger partial charge in [-0.05, 0) is 0 Å². The molecule has 0 amide bonds. The molecule has 1 saturated heterocycles.